The molecule has 1 atom stereocenters. The summed E-state index contributed by atoms with van der Waals surface area (Å²) >= 11 is 0. The van der Waals surface area contributed by atoms with Gasteiger partial charge in [0.05, 0.1) is 11.1 Å². The topological polar surface area (TPSA) is 80.8 Å². The number of amides is 2. The lowest BCUT2D eigenvalue weighted by Gasteiger charge is -2.21. The van der Waals surface area contributed by atoms with Crippen LogP contribution in [0.25, 0.3) is 0 Å². The summed E-state index contributed by atoms with van der Waals surface area (Å²) < 4.78 is 5.16. The smallest absolute Gasteiger partial charge is 0.329 e. The second-order valence-corrected chi connectivity index (χ2v) is 7.35. The summed E-state index contributed by atoms with van der Waals surface area (Å²) in [6, 6.07) is 7.06. The zero-order chi connectivity index (χ0) is 21.5. The van der Waals surface area contributed by atoms with Gasteiger partial charge in [0.15, 0.2) is 6.61 Å². The summed E-state index contributed by atoms with van der Waals surface area (Å²) in [7, 11) is 0. The van der Waals surface area contributed by atoms with Crippen molar-refractivity contribution >= 4 is 23.6 Å². The number of Topliss-reactive ketones (excluding diaryl/α,β-unsaturated/α-hetero) is 1. The Morgan fingerprint density at radius 1 is 0.931 bits per heavy atom. The van der Waals surface area contributed by atoms with Crippen molar-refractivity contribution in [1.29, 1.82) is 0 Å². The minimum absolute atomic E-state index is 0.259. The van der Waals surface area contributed by atoms with E-state index in [1.807, 2.05) is 27.7 Å². The molecule has 2 aromatic rings. The Labute approximate surface area is 169 Å². The number of aryl methyl sites for hydroxylation is 1. The van der Waals surface area contributed by atoms with E-state index in [1.165, 1.54) is 6.92 Å². The van der Waals surface area contributed by atoms with Crippen molar-refractivity contribution < 1.29 is 23.9 Å². The first kappa shape index (κ1) is 20.5. The predicted octanol–water partition coefficient (Wildman–Crippen LogP) is 3.33. The van der Waals surface area contributed by atoms with Gasteiger partial charge in [-0.25, -0.2) is 4.79 Å². The molecule has 29 heavy (non-hydrogen) atoms. The van der Waals surface area contributed by atoms with E-state index in [4.69, 9.17) is 4.74 Å². The fraction of sp³-hybridized carbons (Fsp3) is 0.304. The van der Waals surface area contributed by atoms with Crippen LogP contribution in [0.3, 0.4) is 0 Å². The molecule has 0 bridgehead atoms. The molecule has 150 valence electrons. The molecule has 1 aliphatic heterocycles. The van der Waals surface area contributed by atoms with E-state index in [-0.39, 0.29) is 16.9 Å². The highest BCUT2D eigenvalue weighted by atomic mass is 16.5. The van der Waals surface area contributed by atoms with Crippen molar-refractivity contribution in [3.63, 3.8) is 0 Å². The first-order valence-electron chi connectivity index (χ1n) is 9.39. The number of ketones is 1. The van der Waals surface area contributed by atoms with Crippen molar-refractivity contribution in [3.05, 3.63) is 69.3 Å². The number of benzene rings is 2. The number of carbonyl (C=O) groups excluding carboxylic acids is 4. The molecule has 0 spiro atoms. The second kappa shape index (κ2) is 7.62. The summed E-state index contributed by atoms with van der Waals surface area (Å²) in [5.41, 5.74) is 5.01. The number of nitrogens with zero attached hydrogens (tertiary/aromatic N) is 1. The summed E-state index contributed by atoms with van der Waals surface area (Å²) in [5.74, 6) is -2.20. The van der Waals surface area contributed by atoms with Crippen LogP contribution in [-0.4, -0.2) is 41.1 Å². The molecule has 0 fully saturated rings. The third-order valence-electron chi connectivity index (χ3n) is 5.68. The molecule has 3 rings (SSSR count). The number of imide groups is 1. The lowest BCUT2D eigenvalue weighted by Crippen LogP contribution is -2.44. The largest absolute Gasteiger partial charge is 0.456 e. The maximum absolute atomic E-state index is 12.6. The summed E-state index contributed by atoms with van der Waals surface area (Å²) in [6.45, 7) is 8.70. The molecule has 0 radical (unpaired) electrons. The van der Waals surface area contributed by atoms with Gasteiger partial charge in [-0.1, -0.05) is 12.1 Å². The molecule has 1 heterocycles. The van der Waals surface area contributed by atoms with E-state index in [2.05, 4.69) is 0 Å². The maximum atomic E-state index is 12.6. The molecular formula is C23H23NO5. The molecule has 6 heteroatoms. The molecule has 0 saturated heterocycles. The quantitative estimate of drug-likeness (QED) is 0.442. The molecule has 6 nitrogen and oxygen atoms in total. The maximum Gasteiger partial charge on any atom is 0.329 e. The summed E-state index contributed by atoms with van der Waals surface area (Å²) in [5, 5.41) is 0. The SMILES string of the molecule is Cc1cc(C(=O)COC(=O)C(C)N2C(=O)c3ccccc3C2=O)c(C)c(C)c1C. The molecule has 1 aliphatic rings. The van der Waals surface area contributed by atoms with Crippen molar-refractivity contribution in [2.45, 2.75) is 40.7 Å². The van der Waals surface area contributed by atoms with Crippen LogP contribution in [-0.2, 0) is 9.53 Å². The van der Waals surface area contributed by atoms with Crippen LogP contribution in [0.4, 0.5) is 0 Å². The highest BCUT2D eigenvalue weighted by molar-refractivity contribution is 6.22. The molecule has 1 unspecified atom stereocenters. The molecule has 0 aromatic heterocycles. The fourth-order valence-electron chi connectivity index (χ4n) is 3.50. The van der Waals surface area contributed by atoms with Crippen molar-refractivity contribution in [1.82, 2.24) is 4.90 Å². The Hall–Kier alpha value is -3.28. The Balaban J connectivity index is 1.71. The Bertz CT molecular complexity index is 1020. The van der Waals surface area contributed by atoms with Crippen LogP contribution in [0.15, 0.2) is 30.3 Å². The van der Waals surface area contributed by atoms with Crippen molar-refractivity contribution in [2.24, 2.45) is 0 Å². The standard InChI is InChI=1S/C23H23NO5/c1-12-10-19(15(4)14(3)13(12)2)20(25)11-29-23(28)16(5)24-21(26)17-8-6-7-9-18(17)22(24)27/h6-10,16H,11H2,1-5H3. The monoisotopic (exact) mass is 393 g/mol. The average Bonchev–Trinajstić information content (AvgIpc) is 2.97. The molecule has 0 aliphatic carbocycles. The minimum atomic E-state index is -1.13. The summed E-state index contributed by atoms with van der Waals surface area (Å²) in [6.07, 6.45) is 0. The lowest BCUT2D eigenvalue weighted by molar-refractivity contribution is -0.146. The predicted molar refractivity (Wildman–Crippen MR) is 107 cm³/mol. The zero-order valence-electron chi connectivity index (χ0n) is 17.2. The number of carbonyl (C=O) groups is 4. The Morgan fingerprint density at radius 3 is 2.03 bits per heavy atom. The Morgan fingerprint density at radius 2 is 1.48 bits per heavy atom. The van der Waals surface area contributed by atoms with Crippen molar-refractivity contribution in [3.8, 4) is 0 Å². The molecule has 0 N–H and O–H groups in total. The summed E-state index contributed by atoms with van der Waals surface area (Å²) in [4.78, 5) is 50.9. The van der Waals surface area contributed by atoms with Gasteiger partial charge < -0.3 is 4.74 Å². The third-order valence-corrected chi connectivity index (χ3v) is 5.68. The van der Waals surface area contributed by atoms with Crippen LogP contribution in [0.2, 0.25) is 0 Å². The number of esters is 1. The van der Waals surface area contributed by atoms with Crippen LogP contribution in [0, 0.1) is 27.7 Å². The number of fused-ring (bicyclic) bond motifs is 1. The van der Waals surface area contributed by atoms with E-state index in [0.717, 1.165) is 27.2 Å². The number of hydrogen-bond acceptors (Lipinski definition) is 5. The lowest BCUT2D eigenvalue weighted by atomic mass is 9.93. The van der Waals surface area contributed by atoms with Crippen LogP contribution < -0.4 is 0 Å². The van der Waals surface area contributed by atoms with E-state index < -0.39 is 30.4 Å². The van der Waals surface area contributed by atoms with E-state index >= 15 is 0 Å². The van der Waals surface area contributed by atoms with Gasteiger partial charge in [0.1, 0.15) is 6.04 Å². The van der Waals surface area contributed by atoms with Gasteiger partial charge in [-0.2, -0.15) is 0 Å². The van der Waals surface area contributed by atoms with Crippen LogP contribution in [0.1, 0.15) is 60.3 Å². The number of ether oxygens (including phenoxy) is 1. The van der Waals surface area contributed by atoms with Crippen molar-refractivity contribution in [2.75, 3.05) is 6.61 Å². The van der Waals surface area contributed by atoms with Gasteiger partial charge in [0.25, 0.3) is 11.8 Å². The van der Waals surface area contributed by atoms with Crippen LogP contribution >= 0.6 is 0 Å². The normalized spacial score (nSPS) is 14.0. The average molecular weight is 393 g/mol. The van der Waals surface area contributed by atoms with Crippen LogP contribution in [0.5, 0.6) is 0 Å². The zero-order valence-corrected chi connectivity index (χ0v) is 17.2. The highest BCUT2D eigenvalue weighted by Gasteiger charge is 2.41. The van der Waals surface area contributed by atoms with Gasteiger partial charge in [-0.3, -0.25) is 19.3 Å². The van der Waals surface area contributed by atoms with E-state index in [9.17, 15) is 19.2 Å². The van der Waals surface area contributed by atoms with Gasteiger partial charge in [-0.15, -0.1) is 0 Å². The minimum Gasteiger partial charge on any atom is -0.456 e. The molecule has 2 aromatic carbocycles. The molecule has 2 amide bonds. The molecule has 0 saturated carbocycles. The van der Waals surface area contributed by atoms with Gasteiger partial charge in [0.2, 0.25) is 5.78 Å². The fourth-order valence-corrected chi connectivity index (χ4v) is 3.50. The first-order chi connectivity index (χ1) is 13.6. The van der Waals surface area contributed by atoms with E-state index in [1.54, 1.807) is 30.3 Å². The van der Waals surface area contributed by atoms with Gasteiger partial charge >= 0.3 is 5.97 Å². The molecular weight excluding hydrogens is 370 g/mol. The first-order valence-corrected chi connectivity index (χ1v) is 9.39. The number of rotatable bonds is 5. The van der Waals surface area contributed by atoms with Gasteiger partial charge in [0, 0.05) is 5.56 Å². The third kappa shape index (κ3) is 3.46. The Kier molecular flexibility index (Phi) is 5.38. The van der Waals surface area contributed by atoms with E-state index in [0.29, 0.717) is 5.56 Å². The van der Waals surface area contributed by atoms with Gasteiger partial charge in [-0.05, 0) is 75.1 Å². The second-order valence-electron chi connectivity index (χ2n) is 7.35. The number of hydrogen-bond donors (Lipinski definition) is 0. The highest BCUT2D eigenvalue weighted by Crippen LogP contribution is 2.25.